The Hall–Kier alpha value is -2.37. The average molecular weight is 297 g/mol. The van der Waals surface area contributed by atoms with Crippen molar-refractivity contribution in [1.29, 1.82) is 0 Å². The molecule has 0 radical (unpaired) electrons. The number of phenolic OH excluding ortho intramolecular Hbond substituents is 2. The van der Waals surface area contributed by atoms with Crippen molar-refractivity contribution in [3.05, 3.63) is 53.6 Å². The molecule has 1 unspecified atom stereocenters. The van der Waals surface area contributed by atoms with E-state index in [0.29, 0.717) is 0 Å². The van der Waals surface area contributed by atoms with Gasteiger partial charge in [-0.15, -0.1) is 0 Å². The molecule has 0 bridgehead atoms. The first-order valence-corrected chi connectivity index (χ1v) is 6.24. The third-order valence-corrected chi connectivity index (χ3v) is 3.10. The van der Waals surface area contributed by atoms with Gasteiger partial charge in [0.25, 0.3) is 0 Å². The maximum Gasteiger partial charge on any atom is 0.418 e. The Morgan fingerprint density at radius 1 is 0.952 bits per heavy atom. The van der Waals surface area contributed by atoms with Gasteiger partial charge >= 0.3 is 6.18 Å². The zero-order chi connectivity index (χ0) is 15.6. The monoisotopic (exact) mass is 297 g/mol. The lowest BCUT2D eigenvalue weighted by molar-refractivity contribution is -0.137. The Kier molecular flexibility index (Phi) is 3.97. The minimum absolute atomic E-state index is 0.111. The van der Waals surface area contributed by atoms with Gasteiger partial charge in [-0.2, -0.15) is 13.2 Å². The van der Waals surface area contributed by atoms with Crippen LogP contribution in [-0.4, -0.2) is 10.2 Å². The highest BCUT2D eigenvalue weighted by molar-refractivity contribution is 5.56. The fourth-order valence-electron chi connectivity index (χ4n) is 2.15. The fraction of sp³-hybridized carbons (Fsp3) is 0.200. The molecule has 3 N–H and O–H groups in total. The first kappa shape index (κ1) is 15.0. The van der Waals surface area contributed by atoms with Gasteiger partial charge < -0.3 is 15.5 Å². The number of nitrogens with one attached hydrogen (secondary N) is 1. The van der Waals surface area contributed by atoms with Crippen molar-refractivity contribution in [1.82, 2.24) is 0 Å². The van der Waals surface area contributed by atoms with Gasteiger partial charge in [-0.05, 0) is 31.2 Å². The van der Waals surface area contributed by atoms with Crippen LogP contribution in [0.15, 0.2) is 42.5 Å². The number of anilines is 1. The Labute approximate surface area is 119 Å². The molecule has 2 aromatic rings. The Balaban J connectivity index is 2.35. The molecule has 0 aliphatic heterocycles. The summed E-state index contributed by atoms with van der Waals surface area (Å²) < 4.78 is 38.8. The SMILES string of the molecule is CC(Nc1ccccc1C(F)(F)F)c1c(O)cccc1O. The lowest BCUT2D eigenvalue weighted by atomic mass is 10.0. The maximum absolute atomic E-state index is 12.9. The van der Waals surface area contributed by atoms with Gasteiger partial charge in [-0.3, -0.25) is 0 Å². The normalized spacial score (nSPS) is 13.0. The van der Waals surface area contributed by atoms with E-state index in [-0.39, 0.29) is 22.7 Å². The average Bonchev–Trinajstić information content (AvgIpc) is 2.37. The van der Waals surface area contributed by atoms with Crippen LogP contribution >= 0.6 is 0 Å². The van der Waals surface area contributed by atoms with E-state index in [0.717, 1.165) is 6.07 Å². The summed E-state index contributed by atoms with van der Waals surface area (Å²) in [4.78, 5) is 0. The molecule has 0 aliphatic carbocycles. The van der Waals surface area contributed by atoms with Gasteiger partial charge in [0.2, 0.25) is 0 Å². The second-order valence-electron chi connectivity index (χ2n) is 4.62. The number of alkyl halides is 3. The van der Waals surface area contributed by atoms with Crippen LogP contribution in [0, 0.1) is 0 Å². The summed E-state index contributed by atoms with van der Waals surface area (Å²) in [5.41, 5.74) is -0.763. The highest BCUT2D eigenvalue weighted by Gasteiger charge is 2.33. The maximum atomic E-state index is 12.9. The number of aromatic hydroxyl groups is 2. The quantitative estimate of drug-likeness (QED) is 0.792. The third-order valence-electron chi connectivity index (χ3n) is 3.10. The Bertz CT molecular complexity index is 621. The Morgan fingerprint density at radius 2 is 1.52 bits per heavy atom. The van der Waals surface area contributed by atoms with E-state index >= 15 is 0 Å². The lowest BCUT2D eigenvalue weighted by Gasteiger charge is -2.21. The van der Waals surface area contributed by atoms with Crippen LogP contribution < -0.4 is 5.32 Å². The largest absolute Gasteiger partial charge is 0.507 e. The minimum Gasteiger partial charge on any atom is -0.507 e. The van der Waals surface area contributed by atoms with Gasteiger partial charge in [-0.25, -0.2) is 0 Å². The number of benzene rings is 2. The summed E-state index contributed by atoms with van der Waals surface area (Å²) in [7, 11) is 0. The number of hydrogen-bond acceptors (Lipinski definition) is 3. The third kappa shape index (κ3) is 3.21. The molecule has 6 heteroatoms. The van der Waals surface area contributed by atoms with E-state index in [9.17, 15) is 23.4 Å². The van der Waals surface area contributed by atoms with Crippen molar-refractivity contribution < 1.29 is 23.4 Å². The van der Waals surface area contributed by atoms with Crippen LogP contribution in [0.25, 0.3) is 0 Å². The van der Waals surface area contributed by atoms with Crippen LogP contribution in [0.4, 0.5) is 18.9 Å². The molecular weight excluding hydrogens is 283 g/mol. The second-order valence-corrected chi connectivity index (χ2v) is 4.62. The van der Waals surface area contributed by atoms with Crippen molar-refractivity contribution in [3.63, 3.8) is 0 Å². The van der Waals surface area contributed by atoms with Crippen LogP contribution in [0.5, 0.6) is 11.5 Å². The van der Waals surface area contributed by atoms with E-state index in [1.165, 1.54) is 36.4 Å². The molecule has 2 aromatic carbocycles. The van der Waals surface area contributed by atoms with E-state index in [1.807, 2.05) is 0 Å². The summed E-state index contributed by atoms with van der Waals surface area (Å²) in [6, 6.07) is 8.53. The van der Waals surface area contributed by atoms with Crippen LogP contribution in [0.1, 0.15) is 24.1 Å². The Morgan fingerprint density at radius 3 is 2.10 bits per heavy atom. The zero-order valence-corrected chi connectivity index (χ0v) is 11.1. The van der Waals surface area contributed by atoms with Crippen LogP contribution in [0.2, 0.25) is 0 Å². The number of halogens is 3. The topological polar surface area (TPSA) is 52.5 Å². The summed E-state index contributed by atoms with van der Waals surface area (Å²) >= 11 is 0. The fourth-order valence-corrected chi connectivity index (χ4v) is 2.15. The number of para-hydroxylation sites is 1. The molecule has 0 fully saturated rings. The first-order chi connectivity index (χ1) is 9.80. The molecule has 0 saturated carbocycles. The molecule has 21 heavy (non-hydrogen) atoms. The molecule has 112 valence electrons. The molecule has 0 heterocycles. The highest BCUT2D eigenvalue weighted by atomic mass is 19.4. The molecule has 0 spiro atoms. The van der Waals surface area contributed by atoms with Gasteiger partial charge in [0, 0.05) is 5.69 Å². The molecule has 0 amide bonds. The number of hydrogen-bond donors (Lipinski definition) is 3. The van der Waals surface area contributed by atoms with Gasteiger partial charge in [0.15, 0.2) is 0 Å². The predicted molar refractivity (Wildman–Crippen MR) is 73.3 cm³/mol. The highest BCUT2D eigenvalue weighted by Crippen LogP contribution is 2.38. The molecule has 0 aliphatic rings. The van der Waals surface area contributed by atoms with Crippen molar-refractivity contribution in [2.75, 3.05) is 5.32 Å². The molecule has 0 aromatic heterocycles. The van der Waals surface area contributed by atoms with Gasteiger partial charge in [-0.1, -0.05) is 18.2 Å². The minimum atomic E-state index is -4.48. The lowest BCUT2D eigenvalue weighted by Crippen LogP contribution is -2.13. The summed E-state index contributed by atoms with van der Waals surface area (Å²) in [5.74, 6) is -0.362. The van der Waals surface area contributed by atoms with Crippen molar-refractivity contribution in [2.24, 2.45) is 0 Å². The first-order valence-electron chi connectivity index (χ1n) is 6.24. The van der Waals surface area contributed by atoms with E-state index in [2.05, 4.69) is 5.32 Å². The summed E-state index contributed by atoms with van der Waals surface area (Å²) in [5, 5.41) is 22.2. The zero-order valence-electron chi connectivity index (χ0n) is 11.1. The predicted octanol–water partition coefficient (Wildman–Crippen LogP) is 4.29. The second kappa shape index (κ2) is 5.55. The van der Waals surface area contributed by atoms with E-state index in [1.54, 1.807) is 6.92 Å². The number of phenols is 2. The standard InChI is InChI=1S/C15H14F3NO2/c1-9(14-12(20)7-4-8-13(14)21)19-11-6-3-2-5-10(11)15(16,17)18/h2-9,19-21H,1H3. The molecule has 2 rings (SSSR count). The summed E-state index contributed by atoms with van der Waals surface area (Å²) in [6.45, 7) is 1.56. The van der Waals surface area contributed by atoms with Crippen molar-refractivity contribution >= 4 is 5.69 Å². The van der Waals surface area contributed by atoms with Crippen molar-refractivity contribution in [3.8, 4) is 11.5 Å². The van der Waals surface area contributed by atoms with Crippen LogP contribution in [-0.2, 0) is 6.18 Å². The molecule has 3 nitrogen and oxygen atoms in total. The molecule has 1 atom stereocenters. The van der Waals surface area contributed by atoms with Gasteiger partial charge in [0.1, 0.15) is 11.5 Å². The molecule has 0 saturated heterocycles. The van der Waals surface area contributed by atoms with Gasteiger partial charge in [0.05, 0.1) is 17.2 Å². The van der Waals surface area contributed by atoms with Crippen LogP contribution in [0.3, 0.4) is 0 Å². The summed E-state index contributed by atoms with van der Waals surface area (Å²) in [6.07, 6.45) is -4.48. The van der Waals surface area contributed by atoms with E-state index in [4.69, 9.17) is 0 Å². The smallest absolute Gasteiger partial charge is 0.418 e. The van der Waals surface area contributed by atoms with E-state index < -0.39 is 17.8 Å². The molecular formula is C15H14F3NO2. The number of rotatable bonds is 3. The van der Waals surface area contributed by atoms with Crippen molar-refractivity contribution in [2.45, 2.75) is 19.1 Å².